The third-order valence-corrected chi connectivity index (χ3v) is 25.1. The Kier molecular flexibility index (Phi) is 13.2. The molecule has 1 aromatic rings. The van der Waals surface area contributed by atoms with Gasteiger partial charge in [-0.25, -0.2) is 0 Å². The summed E-state index contributed by atoms with van der Waals surface area (Å²) in [4.78, 5) is 0.0865. The molecule has 0 amide bonds. The minimum absolute atomic E-state index is 0.0865. The van der Waals surface area contributed by atoms with E-state index in [0.29, 0.717) is 0 Å². The van der Waals surface area contributed by atoms with Crippen molar-refractivity contribution in [1.82, 2.24) is 0 Å². The number of hydrogen-bond acceptors (Lipinski definition) is 8. The van der Waals surface area contributed by atoms with E-state index in [4.69, 9.17) is 26.9 Å². The number of rotatable bonds is 13. The van der Waals surface area contributed by atoms with Crippen molar-refractivity contribution < 1.29 is 35.4 Å². The molecule has 5 unspecified atom stereocenters. The largest absolute Gasteiger partial charge is 0.408 e. The summed E-state index contributed by atoms with van der Waals surface area (Å²) < 4.78 is 67.2. The second kappa shape index (κ2) is 14.7. The van der Waals surface area contributed by atoms with Crippen LogP contribution in [0.4, 0.5) is 0 Å². The van der Waals surface area contributed by atoms with Gasteiger partial charge in [0.15, 0.2) is 31.2 Å². The van der Waals surface area contributed by atoms with Crippen molar-refractivity contribution >= 4 is 35.1 Å². The summed E-state index contributed by atoms with van der Waals surface area (Å²) in [5, 5.41) is -0.359. The molecule has 1 saturated heterocycles. The Bertz CT molecular complexity index is 1260. The second-order valence-electron chi connectivity index (χ2n) is 17.2. The summed E-state index contributed by atoms with van der Waals surface area (Å²) in [5.74, 6) is 0. The summed E-state index contributed by atoms with van der Waals surface area (Å²) in [7, 11) is -11.4. The van der Waals surface area contributed by atoms with Gasteiger partial charge in [-0.3, -0.25) is 4.18 Å². The molecule has 0 bridgehead atoms. The molecule has 46 heavy (non-hydrogen) atoms. The van der Waals surface area contributed by atoms with Crippen LogP contribution in [0.2, 0.25) is 54.4 Å². The number of hydrogen-bond donors (Lipinski definition) is 0. The van der Waals surface area contributed by atoms with Crippen LogP contribution in [0.3, 0.4) is 0 Å². The molecule has 2 rings (SSSR count). The molecular formula is C34H64O8SSi3. The zero-order valence-corrected chi connectivity index (χ0v) is 35.4. The minimum Gasteiger partial charge on any atom is -0.408 e. The lowest BCUT2D eigenvalue weighted by molar-refractivity contribution is -0.288. The van der Waals surface area contributed by atoms with E-state index < -0.39 is 65.8 Å². The molecule has 1 fully saturated rings. The van der Waals surface area contributed by atoms with E-state index in [1.165, 1.54) is 0 Å². The van der Waals surface area contributed by atoms with Crippen molar-refractivity contribution in [2.75, 3.05) is 13.2 Å². The molecule has 1 aromatic carbocycles. The lowest BCUT2D eigenvalue weighted by atomic mass is 9.99. The first-order valence-corrected chi connectivity index (χ1v) is 26.6. The quantitative estimate of drug-likeness (QED) is 0.114. The van der Waals surface area contributed by atoms with Gasteiger partial charge in [-0.05, 0) is 73.5 Å². The highest BCUT2D eigenvalue weighted by atomic mass is 32.2. The molecule has 0 aromatic heterocycles. The van der Waals surface area contributed by atoms with Gasteiger partial charge in [0.2, 0.25) is 0 Å². The fraction of sp³-hybridized carbons (Fsp3) is 0.765. The van der Waals surface area contributed by atoms with Crippen molar-refractivity contribution in [1.29, 1.82) is 0 Å². The van der Waals surface area contributed by atoms with E-state index >= 15 is 0 Å². The van der Waals surface area contributed by atoms with Crippen LogP contribution in [-0.2, 0) is 37.1 Å². The molecule has 0 radical (unpaired) electrons. The maximum atomic E-state index is 13.4. The highest BCUT2D eigenvalue weighted by molar-refractivity contribution is 7.86. The van der Waals surface area contributed by atoms with Crippen LogP contribution in [0.25, 0.3) is 0 Å². The third-order valence-electron chi connectivity index (χ3n) is 10.4. The maximum absolute atomic E-state index is 13.4. The van der Waals surface area contributed by atoms with E-state index in [1.807, 2.05) is 6.92 Å². The molecule has 0 aliphatic carbocycles. The zero-order chi connectivity index (χ0) is 35.7. The number of benzene rings is 1. The van der Waals surface area contributed by atoms with Gasteiger partial charge in [0.1, 0.15) is 24.4 Å². The van der Waals surface area contributed by atoms with Crippen molar-refractivity contribution in [3.05, 3.63) is 42.5 Å². The van der Waals surface area contributed by atoms with Gasteiger partial charge >= 0.3 is 0 Å². The fourth-order valence-electron chi connectivity index (χ4n) is 4.19. The van der Waals surface area contributed by atoms with E-state index in [1.54, 1.807) is 30.3 Å². The molecule has 0 saturated carbocycles. The predicted octanol–water partition coefficient (Wildman–Crippen LogP) is 8.80. The maximum Gasteiger partial charge on any atom is 0.297 e. The molecule has 1 aliphatic heterocycles. The van der Waals surface area contributed by atoms with Crippen LogP contribution in [0, 0.1) is 6.92 Å². The van der Waals surface area contributed by atoms with Crippen molar-refractivity contribution in [3.63, 3.8) is 0 Å². The van der Waals surface area contributed by atoms with E-state index in [-0.39, 0.29) is 33.2 Å². The monoisotopic (exact) mass is 716 g/mol. The predicted molar refractivity (Wildman–Crippen MR) is 195 cm³/mol. The highest BCUT2D eigenvalue weighted by Crippen LogP contribution is 2.46. The Labute approximate surface area is 284 Å². The SMILES string of the molecule is C=CCOC1OC(COS(=O)(=O)c2ccc(C)cc2)C(O[Si](C)(C)C(C)(C)C)C(O[Si](C)(C)C(C)(C)C)C1O[Si](C)(C)C(C)(C)C. The van der Waals surface area contributed by atoms with Crippen molar-refractivity contribution in [2.45, 2.75) is 159 Å². The average molecular weight is 717 g/mol. The van der Waals surface area contributed by atoms with E-state index in [9.17, 15) is 8.42 Å². The first-order valence-electron chi connectivity index (χ1n) is 16.4. The topological polar surface area (TPSA) is 89.5 Å². The third kappa shape index (κ3) is 10.2. The summed E-state index contributed by atoms with van der Waals surface area (Å²) in [6, 6.07) is 6.61. The smallest absolute Gasteiger partial charge is 0.297 e. The molecule has 5 atom stereocenters. The van der Waals surface area contributed by atoms with E-state index in [2.05, 4.69) is 108 Å². The van der Waals surface area contributed by atoms with Crippen molar-refractivity contribution in [2.24, 2.45) is 0 Å². The number of aryl methyl sites for hydroxylation is 1. The first kappa shape index (κ1) is 41.5. The van der Waals surface area contributed by atoms with Gasteiger partial charge in [0.25, 0.3) is 10.1 Å². The Morgan fingerprint density at radius 2 is 1.15 bits per heavy atom. The summed E-state index contributed by atoms with van der Waals surface area (Å²) >= 11 is 0. The lowest BCUT2D eigenvalue weighted by Gasteiger charge is -2.54. The molecule has 266 valence electrons. The molecule has 12 heteroatoms. The molecule has 1 heterocycles. The molecule has 0 N–H and O–H groups in total. The van der Waals surface area contributed by atoms with Gasteiger partial charge in [-0.1, -0.05) is 86.1 Å². The van der Waals surface area contributed by atoms with Gasteiger partial charge in [0.05, 0.1) is 18.1 Å². The van der Waals surface area contributed by atoms with Crippen molar-refractivity contribution in [3.8, 4) is 0 Å². The molecule has 1 aliphatic rings. The highest BCUT2D eigenvalue weighted by Gasteiger charge is 2.56. The van der Waals surface area contributed by atoms with E-state index in [0.717, 1.165) is 5.56 Å². The summed E-state index contributed by atoms with van der Waals surface area (Å²) in [6.45, 7) is 38.6. The Hall–Kier alpha value is -0.679. The molecular weight excluding hydrogens is 653 g/mol. The lowest BCUT2D eigenvalue weighted by Crippen LogP contribution is -2.68. The van der Waals surface area contributed by atoms with Gasteiger partial charge in [0, 0.05) is 0 Å². The summed E-state index contributed by atoms with van der Waals surface area (Å²) in [5.41, 5.74) is 0.956. The Morgan fingerprint density at radius 3 is 1.57 bits per heavy atom. The van der Waals surface area contributed by atoms with Gasteiger partial charge < -0.3 is 22.8 Å². The van der Waals surface area contributed by atoms with Crippen LogP contribution < -0.4 is 0 Å². The summed E-state index contributed by atoms with van der Waals surface area (Å²) in [6.07, 6.45) is -1.93. The second-order valence-corrected chi connectivity index (χ2v) is 33.1. The standard InChI is InChI=1S/C34H64O8SSi3/c1-18-23-37-31-30(42-46(16,17)34(9,10)11)29(41-45(14,15)33(6,7)8)28(40-44(12,13)32(3,4)5)27(39-31)24-38-43(35,36)26-21-19-25(2)20-22-26/h18-22,27-31H,1,23-24H2,2-17H3. The van der Waals surface area contributed by atoms with Crippen LogP contribution >= 0.6 is 0 Å². The molecule has 8 nitrogen and oxygen atoms in total. The first-order chi connectivity index (χ1) is 20.6. The normalized spacial score (nSPS) is 24.2. The average Bonchev–Trinajstić information content (AvgIpc) is 2.87. The Balaban J connectivity index is 2.76. The van der Waals surface area contributed by atoms with Gasteiger partial charge in [-0.15, -0.1) is 6.58 Å². The number of ether oxygens (including phenoxy) is 2. The van der Waals surface area contributed by atoms with Crippen LogP contribution in [0.5, 0.6) is 0 Å². The Morgan fingerprint density at radius 1 is 0.739 bits per heavy atom. The van der Waals surface area contributed by atoms with Gasteiger partial charge in [-0.2, -0.15) is 8.42 Å². The molecule has 0 spiro atoms. The zero-order valence-electron chi connectivity index (χ0n) is 31.6. The van der Waals surface area contributed by atoms with Crippen LogP contribution in [0.1, 0.15) is 67.9 Å². The fourth-order valence-corrected chi connectivity index (χ4v) is 9.01. The van der Waals surface area contributed by atoms with Crippen LogP contribution in [-0.4, -0.2) is 77.3 Å². The van der Waals surface area contributed by atoms with Crippen LogP contribution in [0.15, 0.2) is 41.8 Å². The minimum atomic E-state index is -4.08.